The summed E-state index contributed by atoms with van der Waals surface area (Å²) in [6.45, 7) is 4.14. The Bertz CT molecular complexity index is 464. The third kappa shape index (κ3) is 4.76. The summed E-state index contributed by atoms with van der Waals surface area (Å²) in [6, 6.07) is 5.59. The van der Waals surface area contributed by atoms with Crippen LogP contribution in [-0.2, 0) is 0 Å². The van der Waals surface area contributed by atoms with Crippen LogP contribution >= 0.6 is 46.6 Å². The van der Waals surface area contributed by atoms with Gasteiger partial charge in [0, 0.05) is 15.2 Å². The maximum Gasteiger partial charge on any atom is 0.251 e. The van der Waals surface area contributed by atoms with Crippen LogP contribution in [0.3, 0.4) is 0 Å². The van der Waals surface area contributed by atoms with E-state index in [1.165, 1.54) is 12.8 Å². The third-order valence-electron chi connectivity index (χ3n) is 3.58. The van der Waals surface area contributed by atoms with Crippen molar-refractivity contribution in [3.63, 3.8) is 0 Å². The molecule has 0 saturated carbocycles. The molecule has 0 aromatic heterocycles. The van der Waals surface area contributed by atoms with Crippen molar-refractivity contribution in [2.75, 3.05) is 13.1 Å². The molecule has 1 saturated heterocycles. The summed E-state index contributed by atoms with van der Waals surface area (Å²) in [4.78, 5) is 12.2. The third-order valence-corrected chi connectivity index (χ3v) is 5.15. The zero-order chi connectivity index (χ0) is 13.8. The van der Waals surface area contributed by atoms with Crippen LogP contribution in [0.4, 0.5) is 0 Å². The van der Waals surface area contributed by atoms with Gasteiger partial charge >= 0.3 is 0 Å². The monoisotopic (exact) mass is 428 g/mol. The summed E-state index contributed by atoms with van der Waals surface area (Å²) in [5, 5.41) is 7.07. The summed E-state index contributed by atoms with van der Waals surface area (Å²) in [5.74, 6) is 0.466. The van der Waals surface area contributed by atoms with Crippen molar-refractivity contribution in [2.45, 2.75) is 25.8 Å². The van der Waals surface area contributed by atoms with Gasteiger partial charge in [0.15, 0.2) is 0 Å². The fourth-order valence-electron chi connectivity index (χ4n) is 2.35. The Labute approximate surface area is 144 Å². The van der Waals surface area contributed by atoms with Gasteiger partial charge in [-0.05, 0) is 79.6 Å². The fraction of sp³-hybridized carbons (Fsp3) is 0.500. The molecular weight excluding hydrogens is 410 g/mol. The van der Waals surface area contributed by atoms with E-state index in [0.29, 0.717) is 16.5 Å². The number of carbonyl (C=O) groups excluding carboxylic acids is 1. The lowest BCUT2D eigenvalue weighted by atomic mass is 9.92. The summed E-state index contributed by atoms with van der Waals surface area (Å²) in [7, 11) is 0. The van der Waals surface area contributed by atoms with E-state index in [2.05, 4.69) is 40.1 Å². The Morgan fingerprint density at radius 2 is 2.30 bits per heavy atom. The molecule has 2 rings (SSSR count). The SMILES string of the molecule is CC(NC(=O)c1ccc(I)c(Cl)c1)C1CCCNC1.Cl. The second kappa shape index (κ2) is 8.41. The minimum absolute atomic E-state index is 0. The van der Waals surface area contributed by atoms with Crippen LogP contribution in [0.15, 0.2) is 18.2 Å². The van der Waals surface area contributed by atoms with Crippen LogP contribution < -0.4 is 10.6 Å². The van der Waals surface area contributed by atoms with Gasteiger partial charge in [-0.2, -0.15) is 0 Å². The average Bonchev–Trinajstić information content (AvgIpc) is 2.42. The first-order valence-electron chi connectivity index (χ1n) is 6.54. The predicted molar refractivity (Wildman–Crippen MR) is 93.9 cm³/mol. The first-order chi connectivity index (χ1) is 9.08. The summed E-state index contributed by atoms with van der Waals surface area (Å²) in [5.41, 5.74) is 0.626. The molecule has 0 aliphatic carbocycles. The minimum atomic E-state index is -0.0450. The number of rotatable bonds is 3. The maximum atomic E-state index is 12.2. The molecule has 0 radical (unpaired) electrons. The van der Waals surface area contributed by atoms with Gasteiger partial charge in [0.05, 0.1) is 5.02 Å². The first-order valence-corrected chi connectivity index (χ1v) is 8.00. The molecule has 1 amide bonds. The van der Waals surface area contributed by atoms with E-state index in [-0.39, 0.29) is 24.4 Å². The standard InChI is InChI=1S/C14H18ClIN2O.ClH/c1-9(11-3-2-6-17-8-11)18-14(19)10-4-5-13(16)12(15)7-10;/h4-5,7,9,11,17H,2-3,6,8H2,1H3,(H,18,19);1H. The van der Waals surface area contributed by atoms with Gasteiger partial charge in [-0.1, -0.05) is 11.6 Å². The second-order valence-electron chi connectivity index (χ2n) is 5.00. The van der Waals surface area contributed by atoms with Crippen LogP contribution in [0.5, 0.6) is 0 Å². The molecular formula is C14H19Cl2IN2O. The molecule has 0 bridgehead atoms. The molecule has 20 heavy (non-hydrogen) atoms. The Morgan fingerprint density at radius 1 is 1.55 bits per heavy atom. The van der Waals surface area contributed by atoms with Crippen LogP contribution in [0.25, 0.3) is 0 Å². The largest absolute Gasteiger partial charge is 0.349 e. The highest BCUT2D eigenvalue weighted by Crippen LogP contribution is 2.20. The molecule has 1 heterocycles. The van der Waals surface area contributed by atoms with Gasteiger partial charge in [0.1, 0.15) is 0 Å². The van der Waals surface area contributed by atoms with Crippen molar-refractivity contribution in [2.24, 2.45) is 5.92 Å². The number of hydrogen-bond acceptors (Lipinski definition) is 2. The molecule has 2 N–H and O–H groups in total. The maximum absolute atomic E-state index is 12.2. The van der Waals surface area contributed by atoms with E-state index < -0.39 is 0 Å². The van der Waals surface area contributed by atoms with Crippen molar-refractivity contribution in [1.29, 1.82) is 0 Å². The lowest BCUT2D eigenvalue weighted by molar-refractivity contribution is 0.0922. The number of halogens is 3. The Morgan fingerprint density at radius 3 is 2.90 bits per heavy atom. The highest BCUT2D eigenvalue weighted by molar-refractivity contribution is 14.1. The lowest BCUT2D eigenvalue weighted by Gasteiger charge is -2.29. The Balaban J connectivity index is 0.00000200. The smallest absolute Gasteiger partial charge is 0.251 e. The molecule has 1 aliphatic heterocycles. The molecule has 6 heteroatoms. The molecule has 1 aromatic rings. The normalized spacial score (nSPS) is 19.9. The van der Waals surface area contributed by atoms with Gasteiger partial charge in [0.2, 0.25) is 0 Å². The van der Waals surface area contributed by atoms with E-state index in [0.717, 1.165) is 16.7 Å². The van der Waals surface area contributed by atoms with Crippen molar-refractivity contribution < 1.29 is 4.79 Å². The van der Waals surface area contributed by atoms with Crippen molar-refractivity contribution >= 4 is 52.5 Å². The highest BCUT2D eigenvalue weighted by Gasteiger charge is 2.21. The number of piperidine rings is 1. The topological polar surface area (TPSA) is 41.1 Å². The molecule has 2 unspecified atom stereocenters. The quantitative estimate of drug-likeness (QED) is 0.723. The van der Waals surface area contributed by atoms with Crippen LogP contribution in [-0.4, -0.2) is 25.0 Å². The molecule has 2 atom stereocenters. The molecule has 1 fully saturated rings. The summed E-state index contributed by atoms with van der Waals surface area (Å²) < 4.78 is 0.959. The van der Waals surface area contributed by atoms with E-state index in [9.17, 15) is 4.79 Å². The summed E-state index contributed by atoms with van der Waals surface area (Å²) >= 11 is 8.20. The minimum Gasteiger partial charge on any atom is -0.349 e. The molecule has 112 valence electrons. The van der Waals surface area contributed by atoms with Crippen LogP contribution in [0, 0.1) is 9.49 Å². The van der Waals surface area contributed by atoms with Crippen molar-refractivity contribution in [1.82, 2.24) is 10.6 Å². The second-order valence-corrected chi connectivity index (χ2v) is 6.57. The number of carbonyl (C=O) groups is 1. The van der Waals surface area contributed by atoms with Gasteiger partial charge < -0.3 is 10.6 Å². The predicted octanol–water partition coefficient (Wildman–Crippen LogP) is 3.48. The molecule has 1 aromatic carbocycles. The van der Waals surface area contributed by atoms with Gasteiger partial charge in [-0.25, -0.2) is 0 Å². The van der Waals surface area contributed by atoms with Crippen LogP contribution in [0.2, 0.25) is 5.02 Å². The van der Waals surface area contributed by atoms with Gasteiger partial charge in [-0.15, -0.1) is 12.4 Å². The summed E-state index contributed by atoms with van der Waals surface area (Å²) in [6.07, 6.45) is 2.35. The first kappa shape index (κ1) is 18.0. The van der Waals surface area contributed by atoms with Crippen molar-refractivity contribution in [3.8, 4) is 0 Å². The zero-order valence-electron chi connectivity index (χ0n) is 11.3. The Kier molecular flexibility index (Phi) is 7.58. The van der Waals surface area contributed by atoms with Gasteiger partial charge in [0.25, 0.3) is 5.91 Å². The van der Waals surface area contributed by atoms with E-state index in [1.54, 1.807) is 6.07 Å². The molecule has 3 nitrogen and oxygen atoms in total. The van der Waals surface area contributed by atoms with Crippen LogP contribution in [0.1, 0.15) is 30.1 Å². The fourth-order valence-corrected chi connectivity index (χ4v) is 2.87. The number of amides is 1. The molecule has 0 spiro atoms. The number of hydrogen-bond donors (Lipinski definition) is 2. The molecule has 1 aliphatic rings. The van der Waals surface area contributed by atoms with E-state index in [4.69, 9.17) is 11.6 Å². The average molecular weight is 429 g/mol. The van der Waals surface area contributed by atoms with E-state index >= 15 is 0 Å². The Hall–Kier alpha value is -0.0400. The van der Waals surface area contributed by atoms with Gasteiger partial charge in [-0.3, -0.25) is 4.79 Å². The highest BCUT2D eigenvalue weighted by atomic mass is 127. The number of benzene rings is 1. The van der Waals surface area contributed by atoms with Crippen molar-refractivity contribution in [3.05, 3.63) is 32.4 Å². The zero-order valence-corrected chi connectivity index (χ0v) is 15.0. The van der Waals surface area contributed by atoms with E-state index in [1.807, 2.05) is 12.1 Å². The lowest BCUT2D eigenvalue weighted by Crippen LogP contribution is -2.44. The number of nitrogens with one attached hydrogen (secondary N) is 2.